The van der Waals surface area contributed by atoms with E-state index in [1.54, 1.807) is 6.08 Å². The van der Waals surface area contributed by atoms with Gasteiger partial charge < -0.3 is 19.8 Å². The summed E-state index contributed by atoms with van der Waals surface area (Å²) in [7, 11) is 1.53. The fraction of sp³-hybridized carbons (Fsp3) is 0.766. The van der Waals surface area contributed by atoms with E-state index in [0.717, 1.165) is 64.2 Å². The Morgan fingerprint density at radius 2 is 1.04 bits per heavy atom. The second kappa shape index (κ2) is 38.7. The van der Waals surface area contributed by atoms with Gasteiger partial charge in [0.2, 0.25) is 5.91 Å². The number of aliphatic hydroxyl groups is 1. The molecular formula is C47H88N2O6P+. The van der Waals surface area contributed by atoms with Gasteiger partial charge >= 0.3 is 7.82 Å². The maximum absolute atomic E-state index is 12.9. The monoisotopic (exact) mass is 808 g/mol. The Balaban J connectivity index is 4.53. The Kier molecular flexibility index (Phi) is 37.5. The molecule has 0 rings (SSSR count). The van der Waals surface area contributed by atoms with E-state index >= 15 is 0 Å². The van der Waals surface area contributed by atoms with Crippen molar-refractivity contribution in [2.75, 3.05) is 40.9 Å². The van der Waals surface area contributed by atoms with E-state index in [1.165, 1.54) is 96.3 Å². The SMILES string of the molecule is CCCCC/C=C\C=C/CCCCCCCCC(=O)NC(COP(=O)(O)OCC[N+](C)(C)C)C(O)/C=C/CC/C=C/CC/C=C/CCCCCCCCCCC. The van der Waals surface area contributed by atoms with Gasteiger partial charge in [0.1, 0.15) is 13.2 Å². The van der Waals surface area contributed by atoms with Crippen LogP contribution in [0.2, 0.25) is 0 Å². The van der Waals surface area contributed by atoms with Crippen LogP contribution in [0.5, 0.6) is 0 Å². The zero-order chi connectivity index (χ0) is 41.4. The number of carbonyl (C=O) groups excluding carboxylic acids is 1. The Morgan fingerprint density at radius 3 is 1.57 bits per heavy atom. The van der Waals surface area contributed by atoms with Gasteiger partial charge in [0.25, 0.3) is 0 Å². The molecule has 9 heteroatoms. The van der Waals surface area contributed by atoms with Crippen molar-refractivity contribution < 1.29 is 32.9 Å². The minimum Gasteiger partial charge on any atom is -0.387 e. The van der Waals surface area contributed by atoms with Crippen molar-refractivity contribution in [3.05, 3.63) is 60.8 Å². The number of hydrogen-bond donors (Lipinski definition) is 3. The van der Waals surface area contributed by atoms with E-state index in [4.69, 9.17) is 9.05 Å². The molecule has 0 saturated carbocycles. The Bertz CT molecular complexity index is 1100. The van der Waals surface area contributed by atoms with Crippen LogP contribution in [0.4, 0.5) is 0 Å². The van der Waals surface area contributed by atoms with Crippen molar-refractivity contribution in [2.24, 2.45) is 0 Å². The van der Waals surface area contributed by atoms with Crippen LogP contribution in [-0.2, 0) is 18.4 Å². The summed E-state index contributed by atoms with van der Waals surface area (Å²) in [5.74, 6) is -0.206. The lowest BCUT2D eigenvalue weighted by atomic mass is 10.1. The molecular weight excluding hydrogens is 719 g/mol. The van der Waals surface area contributed by atoms with Crippen LogP contribution in [0.15, 0.2) is 60.8 Å². The molecule has 0 saturated heterocycles. The van der Waals surface area contributed by atoms with Gasteiger partial charge in [-0.2, -0.15) is 0 Å². The minimum absolute atomic E-state index is 0.0488. The fourth-order valence-electron chi connectivity index (χ4n) is 6.06. The molecule has 0 bridgehead atoms. The molecule has 0 aliphatic heterocycles. The average molecular weight is 808 g/mol. The highest BCUT2D eigenvalue weighted by Gasteiger charge is 2.27. The molecule has 0 aromatic carbocycles. The Labute approximate surface area is 345 Å². The predicted octanol–water partition coefficient (Wildman–Crippen LogP) is 12.6. The number of hydrogen-bond acceptors (Lipinski definition) is 5. The van der Waals surface area contributed by atoms with Gasteiger partial charge in [-0.3, -0.25) is 13.8 Å². The summed E-state index contributed by atoms with van der Waals surface area (Å²) in [6.07, 6.45) is 50.0. The number of rotatable bonds is 40. The van der Waals surface area contributed by atoms with Gasteiger partial charge in [-0.1, -0.05) is 164 Å². The summed E-state index contributed by atoms with van der Waals surface area (Å²) < 4.78 is 23.5. The van der Waals surface area contributed by atoms with Crippen molar-refractivity contribution in [3.63, 3.8) is 0 Å². The standard InChI is InChI=1S/C47H87N2O6P/c1-6-8-10-12-14-16-18-20-22-23-24-25-27-28-30-32-34-36-38-40-46(50)45(44-55-56(52,53)54-43-42-49(3,4)5)48-47(51)41-39-37-35-33-31-29-26-21-19-17-15-13-11-9-7-2/h15,17,19,21,24-25,30,32,38,40,45-46,50H,6-14,16,18,20,22-23,26-29,31,33-37,39,41-44H2,1-5H3,(H-,48,51,52,53)/p+1/b17-15-,21-19-,25-24+,32-30+,40-38+. The van der Waals surface area contributed by atoms with E-state index in [9.17, 15) is 19.4 Å². The maximum Gasteiger partial charge on any atom is 0.472 e. The van der Waals surface area contributed by atoms with Crippen LogP contribution >= 0.6 is 7.82 Å². The highest BCUT2D eigenvalue weighted by atomic mass is 31.2. The van der Waals surface area contributed by atoms with Gasteiger partial charge in [-0.25, -0.2) is 4.57 Å². The number of phosphoric ester groups is 1. The molecule has 0 aromatic heterocycles. The van der Waals surface area contributed by atoms with E-state index in [2.05, 4.69) is 67.8 Å². The number of quaternary nitrogens is 1. The van der Waals surface area contributed by atoms with Gasteiger partial charge in [0.05, 0.1) is 39.9 Å². The molecule has 0 heterocycles. The number of unbranched alkanes of at least 4 members (excludes halogenated alkanes) is 20. The molecule has 0 radical (unpaired) electrons. The molecule has 0 aromatic rings. The van der Waals surface area contributed by atoms with Crippen molar-refractivity contribution in [1.29, 1.82) is 0 Å². The third kappa shape index (κ3) is 40.4. The first-order valence-electron chi connectivity index (χ1n) is 22.7. The summed E-state index contributed by atoms with van der Waals surface area (Å²) >= 11 is 0. The predicted molar refractivity (Wildman–Crippen MR) is 240 cm³/mol. The van der Waals surface area contributed by atoms with Gasteiger partial charge in [-0.15, -0.1) is 0 Å². The molecule has 0 aliphatic rings. The minimum atomic E-state index is -4.35. The fourth-order valence-corrected chi connectivity index (χ4v) is 6.80. The first-order valence-corrected chi connectivity index (χ1v) is 24.2. The number of phosphoric acid groups is 1. The molecule has 0 aliphatic carbocycles. The normalized spacial score (nSPS) is 14.9. The number of allylic oxidation sites excluding steroid dienone is 9. The van der Waals surface area contributed by atoms with Crippen molar-refractivity contribution >= 4 is 13.7 Å². The zero-order valence-corrected chi connectivity index (χ0v) is 37.8. The van der Waals surface area contributed by atoms with Gasteiger partial charge in [0.15, 0.2) is 0 Å². The molecule has 326 valence electrons. The van der Waals surface area contributed by atoms with Gasteiger partial charge in [-0.05, 0) is 70.6 Å². The topological polar surface area (TPSA) is 105 Å². The summed E-state index contributed by atoms with van der Waals surface area (Å²) in [4.78, 5) is 23.1. The highest BCUT2D eigenvalue weighted by Crippen LogP contribution is 2.43. The number of likely N-dealkylation sites (N-methyl/N-ethyl adjacent to an activating group) is 1. The van der Waals surface area contributed by atoms with Crippen molar-refractivity contribution in [3.8, 4) is 0 Å². The molecule has 56 heavy (non-hydrogen) atoms. The zero-order valence-electron chi connectivity index (χ0n) is 36.9. The van der Waals surface area contributed by atoms with Crippen LogP contribution in [0.1, 0.15) is 181 Å². The average Bonchev–Trinajstić information content (AvgIpc) is 3.15. The van der Waals surface area contributed by atoms with E-state index < -0.39 is 20.0 Å². The second-order valence-electron chi connectivity index (χ2n) is 16.4. The van der Waals surface area contributed by atoms with Crippen LogP contribution in [-0.4, -0.2) is 73.4 Å². The van der Waals surface area contributed by atoms with Gasteiger partial charge in [0, 0.05) is 6.42 Å². The van der Waals surface area contributed by atoms with E-state index in [-0.39, 0.29) is 19.1 Å². The van der Waals surface area contributed by atoms with Crippen molar-refractivity contribution in [1.82, 2.24) is 5.32 Å². The maximum atomic E-state index is 12.9. The van der Waals surface area contributed by atoms with Crippen LogP contribution in [0, 0.1) is 0 Å². The largest absolute Gasteiger partial charge is 0.472 e. The molecule has 1 amide bonds. The molecule has 3 N–H and O–H groups in total. The number of nitrogens with zero attached hydrogens (tertiary/aromatic N) is 1. The van der Waals surface area contributed by atoms with Crippen LogP contribution < -0.4 is 5.32 Å². The molecule has 0 fully saturated rings. The van der Waals surface area contributed by atoms with Crippen molar-refractivity contribution in [2.45, 2.75) is 193 Å². The first-order chi connectivity index (χ1) is 27.0. The summed E-state index contributed by atoms with van der Waals surface area (Å²) in [6.45, 7) is 4.73. The summed E-state index contributed by atoms with van der Waals surface area (Å²) in [5.41, 5.74) is 0. The third-order valence-electron chi connectivity index (χ3n) is 9.72. The highest BCUT2D eigenvalue weighted by molar-refractivity contribution is 7.47. The smallest absolute Gasteiger partial charge is 0.387 e. The quantitative estimate of drug-likeness (QED) is 0.0187. The lowest BCUT2D eigenvalue weighted by Crippen LogP contribution is -2.45. The number of amides is 1. The van der Waals surface area contributed by atoms with Crippen LogP contribution in [0.3, 0.4) is 0 Å². The van der Waals surface area contributed by atoms with Crippen LogP contribution in [0.25, 0.3) is 0 Å². The molecule has 0 spiro atoms. The number of nitrogens with one attached hydrogen (secondary N) is 1. The second-order valence-corrected chi connectivity index (χ2v) is 17.9. The lowest BCUT2D eigenvalue weighted by molar-refractivity contribution is -0.870. The lowest BCUT2D eigenvalue weighted by Gasteiger charge is -2.25. The molecule has 3 unspecified atom stereocenters. The Hall–Kier alpha value is -1.80. The summed E-state index contributed by atoms with van der Waals surface area (Å²) in [6, 6.07) is -0.877. The third-order valence-corrected chi connectivity index (χ3v) is 10.7. The molecule has 8 nitrogen and oxygen atoms in total. The number of carbonyl (C=O) groups is 1. The summed E-state index contributed by atoms with van der Waals surface area (Å²) in [5, 5.41) is 13.8. The van der Waals surface area contributed by atoms with E-state index in [0.29, 0.717) is 17.4 Å². The molecule has 3 atom stereocenters. The first kappa shape index (κ1) is 54.2. The van der Waals surface area contributed by atoms with E-state index in [1.807, 2.05) is 27.2 Å². The number of aliphatic hydroxyl groups excluding tert-OH is 1. The Morgan fingerprint density at radius 1 is 0.607 bits per heavy atom.